The first-order valence-corrected chi connectivity index (χ1v) is 8.18. The molecule has 110 valence electrons. The van der Waals surface area contributed by atoms with E-state index in [0.717, 1.165) is 11.8 Å². The lowest BCUT2D eigenvalue weighted by Crippen LogP contribution is -2.50. The predicted molar refractivity (Wildman–Crippen MR) is 83.4 cm³/mol. The zero-order valence-electron chi connectivity index (χ0n) is 13.2. The molecule has 2 fully saturated rings. The van der Waals surface area contributed by atoms with Crippen LogP contribution in [0, 0.1) is 11.8 Å². The van der Waals surface area contributed by atoms with Gasteiger partial charge in [0.05, 0.1) is 0 Å². The normalized spacial score (nSPS) is 30.7. The van der Waals surface area contributed by atoms with E-state index in [4.69, 9.17) is 0 Å². The van der Waals surface area contributed by atoms with Crippen LogP contribution < -0.4 is 0 Å². The highest BCUT2D eigenvalue weighted by atomic mass is 15.3. The van der Waals surface area contributed by atoms with Crippen molar-refractivity contribution in [3.63, 3.8) is 0 Å². The first kappa shape index (κ1) is 15.1. The van der Waals surface area contributed by atoms with Crippen LogP contribution in [0.2, 0.25) is 0 Å². The van der Waals surface area contributed by atoms with E-state index >= 15 is 0 Å². The molecule has 0 radical (unpaired) electrons. The van der Waals surface area contributed by atoms with Gasteiger partial charge >= 0.3 is 0 Å². The molecule has 2 rings (SSSR count). The molecule has 2 aliphatic rings. The zero-order valence-corrected chi connectivity index (χ0v) is 13.2. The molecule has 2 heteroatoms. The average molecular weight is 264 g/mol. The van der Waals surface area contributed by atoms with Crippen molar-refractivity contribution >= 4 is 0 Å². The molecule has 0 amide bonds. The number of piperazine rings is 1. The van der Waals surface area contributed by atoms with E-state index in [0.29, 0.717) is 6.04 Å². The quantitative estimate of drug-likeness (QED) is 0.718. The summed E-state index contributed by atoms with van der Waals surface area (Å²) in [7, 11) is 0. The summed E-state index contributed by atoms with van der Waals surface area (Å²) >= 11 is 0. The van der Waals surface area contributed by atoms with Crippen LogP contribution in [0.4, 0.5) is 0 Å². The van der Waals surface area contributed by atoms with Gasteiger partial charge in [-0.1, -0.05) is 12.2 Å². The Bertz CT molecular complexity index is 282. The van der Waals surface area contributed by atoms with E-state index in [2.05, 4.69) is 37.1 Å². The van der Waals surface area contributed by atoms with Crippen molar-refractivity contribution in [3.8, 4) is 0 Å². The second-order valence-corrected chi connectivity index (χ2v) is 6.99. The SMILES string of the molecule is C=C(C)C1CCC(CN2CCN(C(C)C)CC2)CC1. The van der Waals surface area contributed by atoms with Gasteiger partial charge in [0.2, 0.25) is 0 Å². The van der Waals surface area contributed by atoms with E-state index in [9.17, 15) is 0 Å². The van der Waals surface area contributed by atoms with Gasteiger partial charge in [0.1, 0.15) is 0 Å². The van der Waals surface area contributed by atoms with Crippen LogP contribution in [0.1, 0.15) is 46.5 Å². The van der Waals surface area contributed by atoms with E-state index in [1.165, 1.54) is 64.0 Å². The third kappa shape index (κ3) is 4.32. The minimum atomic E-state index is 0.716. The summed E-state index contributed by atoms with van der Waals surface area (Å²) in [5.74, 6) is 1.76. The fraction of sp³-hybridized carbons (Fsp3) is 0.882. The van der Waals surface area contributed by atoms with Crippen molar-refractivity contribution < 1.29 is 0 Å². The molecule has 19 heavy (non-hydrogen) atoms. The van der Waals surface area contributed by atoms with Crippen LogP contribution in [-0.2, 0) is 0 Å². The van der Waals surface area contributed by atoms with Crippen molar-refractivity contribution in [3.05, 3.63) is 12.2 Å². The predicted octanol–water partition coefficient (Wildman–Crippen LogP) is 3.39. The number of allylic oxidation sites excluding steroid dienone is 1. The summed E-state index contributed by atoms with van der Waals surface area (Å²) in [5.41, 5.74) is 1.41. The van der Waals surface area contributed by atoms with Gasteiger partial charge in [-0.15, -0.1) is 0 Å². The zero-order chi connectivity index (χ0) is 13.8. The Morgan fingerprint density at radius 2 is 1.63 bits per heavy atom. The molecule has 0 spiro atoms. The highest BCUT2D eigenvalue weighted by Crippen LogP contribution is 2.33. The molecule has 0 bridgehead atoms. The summed E-state index contributed by atoms with van der Waals surface area (Å²) in [6, 6.07) is 0.716. The Morgan fingerprint density at radius 1 is 1.05 bits per heavy atom. The standard InChI is InChI=1S/C17H32N2/c1-14(2)17-7-5-16(6-8-17)13-18-9-11-19(12-10-18)15(3)4/h15-17H,1,5-13H2,2-4H3. The lowest BCUT2D eigenvalue weighted by molar-refractivity contribution is 0.0886. The summed E-state index contributed by atoms with van der Waals surface area (Å²) in [5, 5.41) is 0. The first-order valence-electron chi connectivity index (χ1n) is 8.18. The maximum Gasteiger partial charge on any atom is 0.0113 e. The van der Waals surface area contributed by atoms with Gasteiger partial charge < -0.3 is 4.90 Å². The third-order valence-electron chi connectivity index (χ3n) is 5.20. The van der Waals surface area contributed by atoms with Crippen molar-refractivity contribution in [2.24, 2.45) is 11.8 Å². The summed E-state index contributed by atoms with van der Waals surface area (Å²) in [4.78, 5) is 5.30. The van der Waals surface area contributed by atoms with Crippen molar-refractivity contribution in [1.29, 1.82) is 0 Å². The lowest BCUT2D eigenvalue weighted by Gasteiger charge is -2.39. The minimum Gasteiger partial charge on any atom is -0.301 e. The fourth-order valence-corrected chi connectivity index (χ4v) is 3.67. The Balaban J connectivity index is 1.68. The maximum atomic E-state index is 4.13. The van der Waals surface area contributed by atoms with Gasteiger partial charge in [-0.3, -0.25) is 4.90 Å². The Kier molecular flexibility index (Phi) is 5.47. The second-order valence-electron chi connectivity index (χ2n) is 6.99. The molecule has 1 aliphatic heterocycles. The molecular weight excluding hydrogens is 232 g/mol. The van der Waals surface area contributed by atoms with Gasteiger partial charge in [0.25, 0.3) is 0 Å². The smallest absolute Gasteiger partial charge is 0.0113 e. The monoisotopic (exact) mass is 264 g/mol. The summed E-state index contributed by atoms with van der Waals surface area (Å²) in [6.45, 7) is 17.4. The molecule has 0 N–H and O–H groups in total. The van der Waals surface area contributed by atoms with E-state index < -0.39 is 0 Å². The number of hydrogen-bond acceptors (Lipinski definition) is 2. The molecule has 0 aromatic carbocycles. The highest BCUT2D eigenvalue weighted by molar-refractivity contribution is 4.98. The van der Waals surface area contributed by atoms with Crippen molar-refractivity contribution in [2.45, 2.75) is 52.5 Å². The number of hydrogen-bond donors (Lipinski definition) is 0. The van der Waals surface area contributed by atoms with Crippen LogP contribution >= 0.6 is 0 Å². The summed E-state index contributed by atoms with van der Waals surface area (Å²) < 4.78 is 0. The molecule has 1 saturated heterocycles. The van der Waals surface area contributed by atoms with Crippen LogP contribution in [0.15, 0.2) is 12.2 Å². The average Bonchev–Trinajstić information content (AvgIpc) is 2.40. The maximum absolute atomic E-state index is 4.13. The van der Waals surface area contributed by atoms with E-state index in [1.54, 1.807) is 0 Å². The molecule has 2 nitrogen and oxygen atoms in total. The van der Waals surface area contributed by atoms with E-state index in [1.807, 2.05) is 0 Å². The highest BCUT2D eigenvalue weighted by Gasteiger charge is 2.25. The largest absolute Gasteiger partial charge is 0.301 e. The topological polar surface area (TPSA) is 6.48 Å². The Hall–Kier alpha value is -0.340. The molecule has 1 aliphatic carbocycles. The van der Waals surface area contributed by atoms with Crippen LogP contribution in [-0.4, -0.2) is 48.6 Å². The lowest BCUT2D eigenvalue weighted by atomic mass is 9.79. The van der Waals surface area contributed by atoms with Gasteiger partial charge in [-0.2, -0.15) is 0 Å². The third-order valence-corrected chi connectivity index (χ3v) is 5.20. The summed E-state index contributed by atoms with van der Waals surface area (Å²) in [6.07, 6.45) is 5.60. The number of nitrogens with zero attached hydrogens (tertiary/aromatic N) is 2. The molecule has 0 unspecified atom stereocenters. The molecule has 0 atom stereocenters. The second kappa shape index (κ2) is 6.90. The van der Waals surface area contributed by atoms with Gasteiger partial charge in [0, 0.05) is 38.8 Å². The van der Waals surface area contributed by atoms with Crippen molar-refractivity contribution in [1.82, 2.24) is 9.80 Å². The van der Waals surface area contributed by atoms with Crippen LogP contribution in [0.3, 0.4) is 0 Å². The van der Waals surface area contributed by atoms with Crippen molar-refractivity contribution in [2.75, 3.05) is 32.7 Å². The minimum absolute atomic E-state index is 0.716. The van der Waals surface area contributed by atoms with Crippen LogP contribution in [0.25, 0.3) is 0 Å². The number of rotatable bonds is 4. The van der Waals surface area contributed by atoms with Gasteiger partial charge in [-0.05, 0) is 58.3 Å². The molecule has 0 aromatic rings. The molecule has 0 aromatic heterocycles. The van der Waals surface area contributed by atoms with Crippen LogP contribution in [0.5, 0.6) is 0 Å². The molecule has 1 heterocycles. The molecule has 1 saturated carbocycles. The fourth-order valence-electron chi connectivity index (χ4n) is 3.67. The first-order chi connectivity index (χ1) is 9.06. The Labute approximate surface area is 119 Å². The van der Waals surface area contributed by atoms with Gasteiger partial charge in [-0.25, -0.2) is 0 Å². The molecular formula is C17H32N2. The Morgan fingerprint density at radius 3 is 2.11 bits per heavy atom. The van der Waals surface area contributed by atoms with E-state index in [-0.39, 0.29) is 0 Å². The van der Waals surface area contributed by atoms with Gasteiger partial charge in [0.15, 0.2) is 0 Å².